The van der Waals surface area contributed by atoms with E-state index in [-0.39, 0.29) is 25.0 Å². The van der Waals surface area contributed by atoms with Gasteiger partial charge in [0.25, 0.3) is 0 Å². The van der Waals surface area contributed by atoms with E-state index in [0.717, 1.165) is 55.0 Å². The van der Waals surface area contributed by atoms with Gasteiger partial charge in [-0.15, -0.1) is 0 Å². The minimum Gasteiger partial charge on any atom is -0.395 e. The van der Waals surface area contributed by atoms with E-state index in [9.17, 15) is 9.90 Å². The van der Waals surface area contributed by atoms with Crippen LogP contribution in [0.3, 0.4) is 0 Å². The van der Waals surface area contributed by atoms with Crippen molar-refractivity contribution in [3.05, 3.63) is 90.0 Å². The van der Waals surface area contributed by atoms with Crippen molar-refractivity contribution in [3.63, 3.8) is 0 Å². The molecule has 0 saturated carbocycles. The number of nitrogens with zero attached hydrogens (tertiary/aromatic N) is 3. The van der Waals surface area contributed by atoms with Crippen molar-refractivity contribution in [1.29, 1.82) is 5.26 Å². The number of hydrogen-bond donors (Lipinski definition) is 2. The molecule has 1 heterocycles. The highest BCUT2D eigenvalue weighted by Gasteiger charge is 2.26. The van der Waals surface area contributed by atoms with E-state index in [0.29, 0.717) is 6.42 Å². The fraction of sp³-hybridized carbons (Fsp3) is 0.394. The predicted octanol–water partition coefficient (Wildman–Crippen LogP) is 4.63. The molecule has 0 aliphatic carbocycles. The van der Waals surface area contributed by atoms with Crippen LogP contribution >= 0.6 is 0 Å². The van der Waals surface area contributed by atoms with Gasteiger partial charge >= 0.3 is 0 Å². The summed E-state index contributed by atoms with van der Waals surface area (Å²) in [6.07, 6.45) is -0.531. The smallest absolute Gasteiger partial charge is 0.250 e. The maximum Gasteiger partial charge on any atom is 0.250 e. The fourth-order valence-corrected chi connectivity index (χ4v) is 5.12. The Morgan fingerprint density at radius 2 is 1.52 bits per heavy atom. The van der Waals surface area contributed by atoms with Gasteiger partial charge in [0.15, 0.2) is 0 Å². The molecule has 40 heavy (non-hydrogen) atoms. The monoisotopic (exact) mass is 540 g/mol. The summed E-state index contributed by atoms with van der Waals surface area (Å²) >= 11 is 0. The van der Waals surface area contributed by atoms with Crippen LogP contribution in [-0.4, -0.2) is 67.9 Å². The second-order valence-corrected chi connectivity index (χ2v) is 10.6. The topological polar surface area (TPSA) is 88.8 Å². The van der Waals surface area contributed by atoms with Crippen LogP contribution in [0, 0.1) is 17.2 Å². The van der Waals surface area contributed by atoms with Crippen LogP contribution < -0.4 is 10.2 Å². The summed E-state index contributed by atoms with van der Waals surface area (Å²) in [4.78, 5) is 17.5. The Kier molecular flexibility index (Phi) is 10.7. The Labute approximate surface area is 238 Å². The van der Waals surface area contributed by atoms with Gasteiger partial charge in [-0.05, 0) is 46.7 Å². The van der Waals surface area contributed by atoms with E-state index >= 15 is 0 Å². The summed E-state index contributed by atoms with van der Waals surface area (Å²) in [5.41, 5.74) is 5.41. The third kappa shape index (κ3) is 7.92. The number of nitriles is 1. The highest BCUT2D eigenvalue weighted by atomic mass is 16.5. The quantitative estimate of drug-likeness (QED) is 0.326. The zero-order valence-electron chi connectivity index (χ0n) is 23.5. The molecule has 0 aromatic heterocycles. The molecule has 1 aliphatic rings. The first-order valence-corrected chi connectivity index (χ1v) is 14.1. The lowest BCUT2D eigenvalue weighted by Crippen LogP contribution is -2.47. The molecular weight excluding hydrogens is 500 g/mol. The second-order valence-electron chi connectivity index (χ2n) is 10.6. The molecule has 2 N–H and O–H groups in total. The second kappa shape index (κ2) is 14.6. The average Bonchev–Trinajstić information content (AvgIpc) is 2.99. The summed E-state index contributed by atoms with van der Waals surface area (Å²) in [7, 11) is 0. The molecule has 1 amide bonds. The SMILES string of the molecule is CC(C)C[C@H](O[C@H](c1ccccc1)c1ccc(-c2ccc(N3CCN(CCO)CC3)cc2)cc1)C(=O)NCC#N. The standard InChI is InChI=1S/C33H40N4O3/c1-25(2)24-31(33(39)35-17-16-34)40-32(28-6-4-3-5-7-28)29-10-8-26(9-11-29)27-12-14-30(15-13-27)37-20-18-36(19-21-37)22-23-38/h3-15,25,31-32,38H,17-24H2,1-2H3,(H,35,39)/t31-,32+/m0/s1. The van der Waals surface area contributed by atoms with Crippen molar-refractivity contribution in [2.24, 2.45) is 5.92 Å². The van der Waals surface area contributed by atoms with Crippen LogP contribution in [0.5, 0.6) is 0 Å². The summed E-state index contributed by atoms with van der Waals surface area (Å²) in [6, 6.07) is 28.9. The number of hydrogen-bond acceptors (Lipinski definition) is 6. The number of aliphatic hydroxyl groups excluding tert-OH is 1. The van der Waals surface area contributed by atoms with Gasteiger partial charge in [0.2, 0.25) is 5.91 Å². The van der Waals surface area contributed by atoms with E-state index in [2.05, 4.69) is 77.5 Å². The maximum absolute atomic E-state index is 12.9. The number of carbonyl (C=O) groups is 1. The number of anilines is 1. The van der Waals surface area contributed by atoms with E-state index < -0.39 is 12.2 Å². The molecular formula is C33H40N4O3. The Morgan fingerprint density at radius 1 is 0.925 bits per heavy atom. The molecule has 7 heteroatoms. The fourth-order valence-electron chi connectivity index (χ4n) is 5.12. The lowest BCUT2D eigenvalue weighted by Gasteiger charge is -2.35. The molecule has 0 bridgehead atoms. The van der Waals surface area contributed by atoms with Crippen LogP contribution in [0.25, 0.3) is 11.1 Å². The average molecular weight is 541 g/mol. The van der Waals surface area contributed by atoms with Gasteiger partial charge in [-0.25, -0.2) is 0 Å². The number of ether oxygens (including phenoxy) is 1. The zero-order valence-corrected chi connectivity index (χ0v) is 23.5. The third-order valence-electron chi connectivity index (χ3n) is 7.29. The number of benzene rings is 3. The normalized spacial score (nSPS) is 15.4. The number of nitrogens with one attached hydrogen (secondary N) is 1. The largest absolute Gasteiger partial charge is 0.395 e. The van der Waals surface area contributed by atoms with E-state index in [1.54, 1.807) is 0 Å². The molecule has 1 aliphatic heterocycles. The highest BCUT2D eigenvalue weighted by Crippen LogP contribution is 2.31. The number of rotatable bonds is 12. The molecule has 4 rings (SSSR count). The molecule has 0 spiro atoms. The maximum atomic E-state index is 12.9. The zero-order chi connectivity index (χ0) is 28.3. The lowest BCUT2D eigenvalue weighted by molar-refractivity contribution is -0.136. The van der Waals surface area contributed by atoms with Gasteiger partial charge in [0.05, 0.1) is 12.7 Å². The summed E-state index contributed by atoms with van der Waals surface area (Å²) in [6.45, 7) is 8.88. The Bertz CT molecular complexity index is 1230. The van der Waals surface area contributed by atoms with Gasteiger partial charge in [0, 0.05) is 38.4 Å². The molecule has 1 fully saturated rings. The van der Waals surface area contributed by atoms with Gasteiger partial charge < -0.3 is 20.1 Å². The minimum atomic E-state index is -0.670. The van der Waals surface area contributed by atoms with Crippen LogP contribution in [0.1, 0.15) is 37.5 Å². The lowest BCUT2D eigenvalue weighted by atomic mass is 9.97. The van der Waals surface area contributed by atoms with E-state index in [1.165, 1.54) is 5.69 Å². The minimum absolute atomic E-state index is 0.0415. The van der Waals surface area contributed by atoms with Crippen molar-refractivity contribution in [2.45, 2.75) is 32.5 Å². The molecule has 210 valence electrons. The summed E-state index contributed by atoms with van der Waals surface area (Å²) < 4.78 is 6.50. The van der Waals surface area contributed by atoms with E-state index in [1.807, 2.05) is 36.4 Å². The molecule has 3 aromatic rings. The first-order chi connectivity index (χ1) is 19.5. The molecule has 1 saturated heterocycles. The molecule has 2 atom stereocenters. The van der Waals surface area contributed by atoms with Crippen LogP contribution in [0.4, 0.5) is 5.69 Å². The molecule has 0 radical (unpaired) electrons. The predicted molar refractivity (Wildman–Crippen MR) is 159 cm³/mol. The Balaban J connectivity index is 1.50. The molecule has 0 unspecified atom stereocenters. The van der Waals surface area contributed by atoms with E-state index in [4.69, 9.17) is 10.00 Å². The van der Waals surface area contributed by atoms with Gasteiger partial charge in [0.1, 0.15) is 18.8 Å². The first-order valence-electron chi connectivity index (χ1n) is 14.1. The number of carbonyl (C=O) groups excluding carboxylic acids is 1. The highest BCUT2D eigenvalue weighted by molar-refractivity contribution is 5.81. The Morgan fingerprint density at radius 3 is 2.10 bits per heavy atom. The van der Waals surface area contributed by atoms with Crippen molar-refractivity contribution in [3.8, 4) is 17.2 Å². The first kappa shape index (κ1) is 29.3. The summed E-state index contributed by atoms with van der Waals surface area (Å²) in [5.74, 6) is -0.00766. The van der Waals surface area contributed by atoms with Crippen molar-refractivity contribution >= 4 is 11.6 Å². The van der Waals surface area contributed by atoms with Gasteiger partial charge in [-0.3, -0.25) is 9.69 Å². The van der Waals surface area contributed by atoms with Crippen molar-refractivity contribution in [1.82, 2.24) is 10.2 Å². The number of β-amino-alcohol motifs (C(OH)–C–C–N with tert-alkyl or cyclic N) is 1. The number of aliphatic hydroxyl groups is 1. The van der Waals surface area contributed by atoms with Crippen molar-refractivity contribution < 1.29 is 14.6 Å². The van der Waals surface area contributed by atoms with Crippen molar-refractivity contribution in [2.75, 3.05) is 50.8 Å². The van der Waals surface area contributed by atoms with Crippen LogP contribution in [-0.2, 0) is 9.53 Å². The number of amides is 1. The number of piperazine rings is 1. The molecule has 3 aromatic carbocycles. The summed E-state index contributed by atoms with van der Waals surface area (Å²) in [5, 5.41) is 20.8. The van der Waals surface area contributed by atoms with Gasteiger partial charge in [-0.2, -0.15) is 5.26 Å². The third-order valence-corrected chi connectivity index (χ3v) is 7.29. The van der Waals surface area contributed by atoms with Gasteiger partial charge in [-0.1, -0.05) is 80.6 Å². The Hall–Kier alpha value is -3.70. The van der Waals surface area contributed by atoms with Crippen LogP contribution in [0.2, 0.25) is 0 Å². The van der Waals surface area contributed by atoms with Crippen LogP contribution in [0.15, 0.2) is 78.9 Å². The molecule has 7 nitrogen and oxygen atoms in total.